The van der Waals surface area contributed by atoms with Crippen LogP contribution in [-0.2, 0) is 9.53 Å². The second-order valence-corrected chi connectivity index (χ2v) is 4.90. The Labute approximate surface area is 105 Å². The van der Waals surface area contributed by atoms with Crippen LogP contribution in [0.3, 0.4) is 0 Å². The van der Waals surface area contributed by atoms with Crippen molar-refractivity contribution in [3.05, 3.63) is 0 Å². The molecule has 0 aliphatic carbocycles. The summed E-state index contributed by atoms with van der Waals surface area (Å²) in [5.74, 6) is 0.628. The van der Waals surface area contributed by atoms with Crippen molar-refractivity contribution >= 4 is 5.91 Å². The molecule has 102 valence electrons. The van der Waals surface area contributed by atoms with Crippen molar-refractivity contribution in [1.82, 2.24) is 10.6 Å². The number of carbonyl (C=O) groups excluding carboxylic acids is 1. The molecule has 0 heterocycles. The minimum Gasteiger partial charge on any atom is -0.380 e. The number of hydrogen-bond donors (Lipinski definition) is 2. The fourth-order valence-electron chi connectivity index (χ4n) is 1.50. The van der Waals surface area contributed by atoms with E-state index in [-0.39, 0.29) is 11.9 Å². The van der Waals surface area contributed by atoms with Crippen LogP contribution in [0, 0.1) is 5.92 Å². The van der Waals surface area contributed by atoms with Crippen molar-refractivity contribution < 1.29 is 9.53 Å². The third-order valence-electron chi connectivity index (χ3n) is 2.29. The molecule has 4 nitrogen and oxygen atoms in total. The second kappa shape index (κ2) is 10.5. The van der Waals surface area contributed by atoms with Crippen LogP contribution in [0.1, 0.15) is 40.5 Å². The third kappa shape index (κ3) is 11.6. The molecule has 1 amide bonds. The van der Waals surface area contributed by atoms with Gasteiger partial charge in [-0.2, -0.15) is 0 Å². The lowest BCUT2D eigenvalue weighted by Crippen LogP contribution is -2.39. The molecule has 0 rings (SSSR count). The van der Waals surface area contributed by atoms with Gasteiger partial charge < -0.3 is 15.4 Å². The highest BCUT2D eigenvalue weighted by molar-refractivity contribution is 5.78. The average molecular weight is 244 g/mol. The summed E-state index contributed by atoms with van der Waals surface area (Å²) < 4.78 is 5.40. The molecular formula is C13H28N2O2. The van der Waals surface area contributed by atoms with Gasteiger partial charge in [-0.25, -0.2) is 0 Å². The Bertz CT molecular complexity index is 196. The van der Waals surface area contributed by atoms with E-state index in [9.17, 15) is 4.79 Å². The molecule has 0 aromatic rings. The molecule has 0 radical (unpaired) electrons. The summed E-state index contributed by atoms with van der Waals surface area (Å²) in [7, 11) is 0. The normalized spacial score (nSPS) is 12.8. The van der Waals surface area contributed by atoms with Gasteiger partial charge in [-0.05, 0) is 19.3 Å². The van der Waals surface area contributed by atoms with Crippen molar-refractivity contribution in [3.8, 4) is 0 Å². The first-order valence-electron chi connectivity index (χ1n) is 6.64. The van der Waals surface area contributed by atoms with Crippen molar-refractivity contribution in [1.29, 1.82) is 0 Å². The number of ether oxygens (including phenoxy) is 1. The molecule has 0 aromatic carbocycles. The van der Waals surface area contributed by atoms with Crippen LogP contribution in [0.5, 0.6) is 0 Å². The predicted octanol–water partition coefficient (Wildman–Crippen LogP) is 1.55. The first-order chi connectivity index (χ1) is 8.06. The van der Waals surface area contributed by atoms with Gasteiger partial charge in [-0.1, -0.05) is 27.2 Å². The van der Waals surface area contributed by atoms with Crippen LogP contribution in [0.15, 0.2) is 0 Å². The van der Waals surface area contributed by atoms with Gasteiger partial charge in [-0.3, -0.25) is 4.79 Å². The van der Waals surface area contributed by atoms with Crippen molar-refractivity contribution in [2.75, 3.05) is 26.3 Å². The van der Waals surface area contributed by atoms with Gasteiger partial charge in [-0.15, -0.1) is 0 Å². The summed E-state index contributed by atoms with van der Waals surface area (Å²) in [5.41, 5.74) is 0. The smallest absolute Gasteiger partial charge is 0.234 e. The largest absolute Gasteiger partial charge is 0.380 e. The molecule has 0 aliphatic rings. The number of carbonyl (C=O) groups is 1. The lowest BCUT2D eigenvalue weighted by Gasteiger charge is -2.13. The number of hydrogen-bond acceptors (Lipinski definition) is 3. The summed E-state index contributed by atoms with van der Waals surface area (Å²) in [6.07, 6.45) is 2.13. The zero-order chi connectivity index (χ0) is 13.1. The molecule has 0 saturated carbocycles. The van der Waals surface area contributed by atoms with Gasteiger partial charge in [0, 0.05) is 19.2 Å². The van der Waals surface area contributed by atoms with Gasteiger partial charge in [0.25, 0.3) is 0 Å². The molecule has 0 aromatic heterocycles. The summed E-state index contributed by atoms with van der Waals surface area (Å²) in [6.45, 7) is 10.9. The topological polar surface area (TPSA) is 50.4 Å². The lowest BCUT2D eigenvalue weighted by atomic mass is 10.2. The second-order valence-electron chi connectivity index (χ2n) is 4.90. The maximum atomic E-state index is 11.5. The van der Waals surface area contributed by atoms with Crippen LogP contribution in [0.25, 0.3) is 0 Å². The van der Waals surface area contributed by atoms with Crippen LogP contribution in [-0.4, -0.2) is 38.3 Å². The number of rotatable bonds is 10. The Kier molecular flexibility index (Phi) is 10.2. The van der Waals surface area contributed by atoms with Crippen molar-refractivity contribution in [2.24, 2.45) is 5.92 Å². The van der Waals surface area contributed by atoms with Crippen LogP contribution in [0.2, 0.25) is 0 Å². The summed E-state index contributed by atoms with van der Waals surface area (Å²) >= 11 is 0. The highest BCUT2D eigenvalue weighted by Crippen LogP contribution is 1.93. The predicted molar refractivity (Wildman–Crippen MR) is 71.0 cm³/mol. The molecular weight excluding hydrogens is 216 g/mol. The van der Waals surface area contributed by atoms with E-state index >= 15 is 0 Å². The van der Waals surface area contributed by atoms with Gasteiger partial charge >= 0.3 is 0 Å². The van der Waals surface area contributed by atoms with Crippen LogP contribution >= 0.6 is 0 Å². The van der Waals surface area contributed by atoms with Crippen molar-refractivity contribution in [3.63, 3.8) is 0 Å². The maximum Gasteiger partial charge on any atom is 0.234 e. The van der Waals surface area contributed by atoms with Gasteiger partial charge in [0.2, 0.25) is 5.91 Å². The van der Waals surface area contributed by atoms with Crippen LogP contribution in [0.4, 0.5) is 0 Å². The van der Waals surface area contributed by atoms with Gasteiger partial charge in [0.05, 0.1) is 13.2 Å². The number of amides is 1. The van der Waals surface area contributed by atoms with E-state index in [1.165, 1.54) is 0 Å². The van der Waals surface area contributed by atoms with E-state index in [2.05, 4.69) is 31.4 Å². The fourth-order valence-corrected chi connectivity index (χ4v) is 1.50. The molecule has 0 aliphatic heterocycles. The molecule has 4 heteroatoms. The van der Waals surface area contributed by atoms with E-state index in [0.29, 0.717) is 19.1 Å². The molecule has 0 spiro atoms. The monoisotopic (exact) mass is 244 g/mol. The summed E-state index contributed by atoms with van der Waals surface area (Å²) in [5, 5.41) is 6.02. The van der Waals surface area contributed by atoms with E-state index in [1.807, 2.05) is 6.92 Å². The molecule has 0 bridgehead atoms. The lowest BCUT2D eigenvalue weighted by molar-refractivity contribution is -0.120. The average Bonchev–Trinajstić information content (AvgIpc) is 2.23. The zero-order valence-electron chi connectivity index (χ0n) is 11.7. The highest BCUT2D eigenvalue weighted by Gasteiger charge is 2.05. The Balaban J connectivity index is 3.33. The summed E-state index contributed by atoms with van der Waals surface area (Å²) in [4.78, 5) is 11.5. The molecule has 0 saturated heterocycles. The zero-order valence-corrected chi connectivity index (χ0v) is 11.7. The summed E-state index contributed by atoms with van der Waals surface area (Å²) in [6, 6.07) is 0.270. The minimum absolute atomic E-state index is 0.0646. The molecule has 1 atom stereocenters. The Morgan fingerprint density at radius 1 is 1.29 bits per heavy atom. The molecule has 17 heavy (non-hydrogen) atoms. The highest BCUT2D eigenvalue weighted by atomic mass is 16.5. The SMILES string of the molecule is CCCC(C)NC(=O)CNCCOCC(C)C. The minimum atomic E-state index is 0.0646. The Hall–Kier alpha value is -0.610. The first kappa shape index (κ1) is 16.4. The molecule has 1 unspecified atom stereocenters. The van der Waals surface area contributed by atoms with E-state index in [0.717, 1.165) is 26.0 Å². The van der Waals surface area contributed by atoms with Crippen molar-refractivity contribution in [2.45, 2.75) is 46.6 Å². The number of nitrogens with one attached hydrogen (secondary N) is 2. The van der Waals surface area contributed by atoms with Gasteiger partial charge in [0.1, 0.15) is 0 Å². The maximum absolute atomic E-state index is 11.5. The fraction of sp³-hybridized carbons (Fsp3) is 0.923. The van der Waals surface area contributed by atoms with E-state index < -0.39 is 0 Å². The van der Waals surface area contributed by atoms with E-state index in [4.69, 9.17) is 4.74 Å². The molecule has 2 N–H and O–H groups in total. The Morgan fingerprint density at radius 3 is 2.59 bits per heavy atom. The first-order valence-corrected chi connectivity index (χ1v) is 6.64. The standard InChI is InChI=1S/C13H28N2O2/c1-5-6-12(4)15-13(16)9-14-7-8-17-10-11(2)3/h11-12,14H,5-10H2,1-4H3,(H,15,16). The third-order valence-corrected chi connectivity index (χ3v) is 2.29. The molecule has 0 fully saturated rings. The van der Waals surface area contributed by atoms with Crippen LogP contribution < -0.4 is 10.6 Å². The van der Waals surface area contributed by atoms with E-state index in [1.54, 1.807) is 0 Å². The quantitative estimate of drug-likeness (QED) is 0.573. The van der Waals surface area contributed by atoms with Gasteiger partial charge in [0.15, 0.2) is 0 Å². The Morgan fingerprint density at radius 2 is 2.00 bits per heavy atom.